The molecule has 1 aromatic heterocycles. The molecular formula is C18H24NO+. The van der Waals surface area contributed by atoms with Crippen molar-refractivity contribution in [1.82, 2.24) is 0 Å². The van der Waals surface area contributed by atoms with Crippen LogP contribution < -0.4 is 9.30 Å². The number of aromatic nitrogens is 1. The summed E-state index contributed by atoms with van der Waals surface area (Å²) < 4.78 is 8.47. The molecule has 106 valence electrons. The van der Waals surface area contributed by atoms with Gasteiger partial charge in [0.25, 0.3) is 5.52 Å². The van der Waals surface area contributed by atoms with Gasteiger partial charge in [-0.3, -0.25) is 0 Å². The highest BCUT2D eigenvalue weighted by Gasteiger charge is 2.31. The van der Waals surface area contributed by atoms with Crippen LogP contribution in [-0.2, 0) is 12.0 Å². The van der Waals surface area contributed by atoms with Crippen LogP contribution in [0, 0.1) is 0 Å². The van der Waals surface area contributed by atoms with Crippen LogP contribution in [0.15, 0.2) is 30.3 Å². The average Bonchev–Trinajstić information content (AvgIpc) is 2.43. The molecule has 0 saturated carbocycles. The molecule has 0 fully saturated rings. The first-order chi connectivity index (χ1) is 9.63. The molecule has 0 bridgehead atoms. The molecule has 20 heavy (non-hydrogen) atoms. The Morgan fingerprint density at radius 3 is 2.80 bits per heavy atom. The van der Waals surface area contributed by atoms with Crippen LogP contribution in [0.25, 0.3) is 10.9 Å². The Hall–Kier alpha value is -1.57. The van der Waals surface area contributed by atoms with Gasteiger partial charge in [0, 0.05) is 17.9 Å². The highest BCUT2D eigenvalue weighted by atomic mass is 16.5. The largest absolute Gasteiger partial charge is 0.487 e. The smallest absolute Gasteiger partial charge is 0.255 e. The van der Waals surface area contributed by atoms with Crippen molar-refractivity contribution >= 4 is 10.9 Å². The summed E-state index contributed by atoms with van der Waals surface area (Å²) in [5.41, 5.74) is 2.89. The molecule has 1 aromatic carbocycles. The molecule has 0 spiro atoms. The summed E-state index contributed by atoms with van der Waals surface area (Å²) in [6.45, 7) is 8.86. The van der Waals surface area contributed by atoms with Crippen LogP contribution in [0.4, 0.5) is 0 Å². The van der Waals surface area contributed by atoms with E-state index in [4.69, 9.17) is 4.74 Å². The van der Waals surface area contributed by atoms with Crippen molar-refractivity contribution < 1.29 is 9.30 Å². The molecule has 3 rings (SSSR count). The zero-order valence-electron chi connectivity index (χ0n) is 12.8. The summed E-state index contributed by atoms with van der Waals surface area (Å²) >= 11 is 0. The lowest BCUT2D eigenvalue weighted by atomic mass is 9.85. The van der Waals surface area contributed by atoms with E-state index < -0.39 is 0 Å². The fourth-order valence-corrected chi connectivity index (χ4v) is 3.02. The van der Waals surface area contributed by atoms with Gasteiger partial charge in [-0.25, -0.2) is 0 Å². The van der Waals surface area contributed by atoms with Crippen LogP contribution in [0.2, 0.25) is 0 Å². The van der Waals surface area contributed by atoms with Crippen molar-refractivity contribution in [3.8, 4) is 5.75 Å². The molecular weight excluding hydrogens is 246 g/mol. The summed E-state index contributed by atoms with van der Waals surface area (Å²) in [5, 5.41) is 1.28. The highest BCUT2D eigenvalue weighted by molar-refractivity contribution is 5.81. The second-order valence-corrected chi connectivity index (χ2v) is 6.36. The van der Waals surface area contributed by atoms with Crippen molar-refractivity contribution in [2.75, 3.05) is 6.61 Å². The number of ether oxygens (including phenoxy) is 1. The minimum Gasteiger partial charge on any atom is -0.487 e. The fraction of sp³-hybridized carbons (Fsp3) is 0.500. The Balaban J connectivity index is 2.31. The molecule has 1 aliphatic heterocycles. The molecule has 0 N–H and O–H groups in total. The lowest BCUT2D eigenvalue weighted by molar-refractivity contribution is -0.683. The Morgan fingerprint density at radius 2 is 2.00 bits per heavy atom. The van der Waals surface area contributed by atoms with E-state index in [1.807, 2.05) is 0 Å². The summed E-state index contributed by atoms with van der Waals surface area (Å²) in [7, 11) is 0. The number of hydrogen-bond acceptors (Lipinski definition) is 1. The minimum absolute atomic E-state index is 0.195. The molecule has 0 amide bonds. The fourth-order valence-electron chi connectivity index (χ4n) is 3.02. The van der Waals surface area contributed by atoms with Gasteiger partial charge in [-0.05, 0) is 44.9 Å². The molecule has 2 aromatic rings. The van der Waals surface area contributed by atoms with E-state index in [-0.39, 0.29) is 5.41 Å². The van der Waals surface area contributed by atoms with Gasteiger partial charge in [0.15, 0.2) is 11.4 Å². The van der Waals surface area contributed by atoms with E-state index in [1.54, 1.807) is 0 Å². The van der Waals surface area contributed by atoms with Gasteiger partial charge in [0.2, 0.25) is 0 Å². The van der Waals surface area contributed by atoms with Crippen molar-refractivity contribution in [3.05, 3.63) is 36.0 Å². The Morgan fingerprint density at radius 1 is 1.15 bits per heavy atom. The molecule has 0 atom stereocenters. The number of benzene rings is 1. The second-order valence-electron chi connectivity index (χ2n) is 6.36. The number of hydrogen-bond donors (Lipinski definition) is 0. The Kier molecular flexibility index (Phi) is 3.41. The first-order valence-electron chi connectivity index (χ1n) is 7.72. The van der Waals surface area contributed by atoms with Gasteiger partial charge in [0.05, 0.1) is 12.0 Å². The lowest BCUT2D eigenvalue weighted by Gasteiger charge is -2.23. The summed E-state index contributed by atoms with van der Waals surface area (Å²) in [6.07, 6.45) is 3.45. The van der Waals surface area contributed by atoms with Crippen molar-refractivity contribution in [2.24, 2.45) is 0 Å². The first-order valence-corrected chi connectivity index (χ1v) is 7.72. The van der Waals surface area contributed by atoms with Crippen molar-refractivity contribution in [1.29, 1.82) is 0 Å². The number of para-hydroxylation sites is 1. The van der Waals surface area contributed by atoms with Crippen LogP contribution >= 0.6 is 0 Å². The SMILES string of the molecule is CCC(C)(C)c1ccc2cccc3c2[n+]1CCCCO3. The van der Waals surface area contributed by atoms with E-state index in [0.29, 0.717) is 0 Å². The first kappa shape index (κ1) is 13.4. The van der Waals surface area contributed by atoms with Gasteiger partial charge in [-0.15, -0.1) is 0 Å². The quantitative estimate of drug-likeness (QED) is 0.752. The monoisotopic (exact) mass is 270 g/mol. The van der Waals surface area contributed by atoms with Gasteiger partial charge in [0.1, 0.15) is 6.54 Å². The van der Waals surface area contributed by atoms with Crippen LogP contribution in [0.3, 0.4) is 0 Å². The lowest BCUT2D eigenvalue weighted by Crippen LogP contribution is -2.45. The van der Waals surface area contributed by atoms with E-state index in [0.717, 1.165) is 31.7 Å². The number of rotatable bonds is 2. The van der Waals surface area contributed by atoms with Gasteiger partial charge in [-0.2, -0.15) is 4.57 Å². The molecule has 0 saturated heterocycles. The maximum Gasteiger partial charge on any atom is 0.255 e. The summed E-state index contributed by atoms with van der Waals surface area (Å²) in [4.78, 5) is 0. The normalized spacial score (nSPS) is 15.6. The van der Waals surface area contributed by atoms with Gasteiger partial charge >= 0.3 is 0 Å². The van der Waals surface area contributed by atoms with E-state index in [9.17, 15) is 0 Å². The van der Waals surface area contributed by atoms with E-state index >= 15 is 0 Å². The number of nitrogens with zero attached hydrogens (tertiary/aromatic N) is 1. The highest BCUT2D eigenvalue weighted by Crippen LogP contribution is 2.30. The Labute approximate surface area is 121 Å². The predicted molar refractivity (Wildman–Crippen MR) is 82.2 cm³/mol. The van der Waals surface area contributed by atoms with E-state index in [2.05, 4.69) is 55.7 Å². The molecule has 0 radical (unpaired) electrons. The summed E-state index contributed by atoms with van der Waals surface area (Å²) in [6, 6.07) is 10.9. The zero-order chi connectivity index (χ0) is 14.2. The molecule has 0 unspecified atom stereocenters. The van der Waals surface area contributed by atoms with Crippen LogP contribution in [-0.4, -0.2) is 6.61 Å². The maximum atomic E-state index is 5.98. The number of pyridine rings is 1. The molecule has 1 aliphatic rings. The average molecular weight is 270 g/mol. The minimum atomic E-state index is 0.195. The number of aryl methyl sites for hydroxylation is 1. The van der Waals surface area contributed by atoms with E-state index in [1.165, 1.54) is 23.0 Å². The Bertz CT molecular complexity index is 631. The van der Waals surface area contributed by atoms with Crippen molar-refractivity contribution in [2.45, 2.75) is 52.0 Å². The van der Waals surface area contributed by atoms with Gasteiger partial charge < -0.3 is 4.74 Å². The topological polar surface area (TPSA) is 13.1 Å². The third-order valence-electron chi connectivity index (χ3n) is 4.62. The summed E-state index contributed by atoms with van der Waals surface area (Å²) in [5.74, 6) is 1.04. The molecule has 0 aliphatic carbocycles. The van der Waals surface area contributed by atoms with Gasteiger partial charge in [-0.1, -0.05) is 13.0 Å². The third kappa shape index (κ3) is 2.17. The maximum absolute atomic E-state index is 5.98. The van der Waals surface area contributed by atoms with Crippen molar-refractivity contribution in [3.63, 3.8) is 0 Å². The van der Waals surface area contributed by atoms with Crippen LogP contribution in [0.5, 0.6) is 5.75 Å². The third-order valence-corrected chi connectivity index (χ3v) is 4.62. The predicted octanol–water partition coefficient (Wildman–Crippen LogP) is 3.99. The zero-order valence-corrected chi connectivity index (χ0v) is 12.8. The second kappa shape index (κ2) is 5.08. The van der Waals surface area contributed by atoms with Crippen LogP contribution in [0.1, 0.15) is 45.7 Å². The molecule has 2 nitrogen and oxygen atoms in total. The molecule has 2 heterocycles. The standard InChI is InChI=1S/C18H24NO/c1-4-18(2,3)16-11-10-14-8-7-9-15-17(14)19(16)12-5-6-13-20-15/h7-11H,4-6,12-13H2,1-3H3/q+1. The molecule has 2 heteroatoms.